The lowest BCUT2D eigenvalue weighted by Crippen LogP contribution is -2.29. The first-order valence-corrected chi connectivity index (χ1v) is 11.4. The van der Waals surface area contributed by atoms with E-state index in [1.807, 2.05) is 36.4 Å². The van der Waals surface area contributed by atoms with Gasteiger partial charge in [-0.05, 0) is 50.2 Å². The van der Waals surface area contributed by atoms with Crippen LogP contribution >= 0.6 is 24.0 Å². The number of thioether (sulfide) groups is 1. The Kier molecular flexibility index (Phi) is 8.10. The highest BCUT2D eigenvalue weighted by Crippen LogP contribution is 2.32. The molecule has 0 aromatic heterocycles. The monoisotopic (exact) mass is 417 g/mol. The van der Waals surface area contributed by atoms with Gasteiger partial charge < -0.3 is 4.74 Å². The summed E-state index contributed by atoms with van der Waals surface area (Å²) in [5.41, 5.74) is 1.000. The highest BCUT2D eigenvalue weighted by Gasteiger charge is 2.31. The van der Waals surface area contributed by atoms with Crippen molar-refractivity contribution >= 4 is 46.3 Å². The number of thiocarbonyl (C=S) groups is 1. The van der Waals surface area contributed by atoms with Gasteiger partial charge >= 0.3 is 5.97 Å². The Labute approximate surface area is 176 Å². The van der Waals surface area contributed by atoms with Gasteiger partial charge in [0.15, 0.2) is 0 Å². The van der Waals surface area contributed by atoms with Crippen LogP contribution in [0.5, 0.6) is 0 Å². The van der Waals surface area contributed by atoms with Crippen molar-refractivity contribution in [3.8, 4) is 0 Å². The van der Waals surface area contributed by atoms with Gasteiger partial charge in [0.2, 0.25) is 0 Å². The Morgan fingerprint density at radius 3 is 2.64 bits per heavy atom. The summed E-state index contributed by atoms with van der Waals surface area (Å²) in [4.78, 5) is 26.9. The third kappa shape index (κ3) is 6.17. The van der Waals surface area contributed by atoms with Crippen LogP contribution in [0, 0.1) is 0 Å². The number of ether oxygens (including phenoxy) is 1. The van der Waals surface area contributed by atoms with E-state index in [0.29, 0.717) is 22.2 Å². The molecular weight excluding hydrogens is 390 g/mol. The molecule has 1 saturated heterocycles. The smallest absolute Gasteiger partial charge is 0.306 e. The second kappa shape index (κ2) is 10.8. The van der Waals surface area contributed by atoms with Crippen molar-refractivity contribution in [2.24, 2.45) is 0 Å². The van der Waals surface area contributed by atoms with Crippen LogP contribution in [0.15, 0.2) is 35.2 Å². The van der Waals surface area contributed by atoms with E-state index in [9.17, 15) is 9.59 Å². The number of esters is 1. The van der Waals surface area contributed by atoms with Crippen LogP contribution in [-0.2, 0) is 14.3 Å². The minimum absolute atomic E-state index is 0.0180. The number of benzene rings is 1. The van der Waals surface area contributed by atoms with Gasteiger partial charge in [-0.3, -0.25) is 14.5 Å². The van der Waals surface area contributed by atoms with Crippen LogP contribution < -0.4 is 0 Å². The molecule has 4 nitrogen and oxygen atoms in total. The maximum absolute atomic E-state index is 12.6. The van der Waals surface area contributed by atoms with Crippen molar-refractivity contribution in [1.29, 1.82) is 0 Å². The zero-order valence-corrected chi connectivity index (χ0v) is 17.7. The summed E-state index contributed by atoms with van der Waals surface area (Å²) < 4.78 is 6.16. The molecule has 1 aliphatic heterocycles. The molecule has 150 valence electrons. The molecule has 6 heteroatoms. The highest BCUT2D eigenvalue weighted by atomic mass is 32.2. The van der Waals surface area contributed by atoms with E-state index >= 15 is 0 Å². The van der Waals surface area contributed by atoms with Gasteiger partial charge in [-0.15, -0.1) is 0 Å². The molecule has 1 amide bonds. The fourth-order valence-corrected chi connectivity index (χ4v) is 4.85. The fraction of sp³-hybridized carbons (Fsp3) is 0.500. The molecule has 1 heterocycles. The van der Waals surface area contributed by atoms with Crippen LogP contribution in [-0.4, -0.2) is 33.7 Å². The molecule has 0 radical (unpaired) electrons. The minimum Gasteiger partial charge on any atom is -0.462 e. The molecule has 0 atom stereocenters. The predicted molar refractivity (Wildman–Crippen MR) is 118 cm³/mol. The first-order chi connectivity index (χ1) is 13.6. The maximum Gasteiger partial charge on any atom is 0.306 e. The quantitative estimate of drug-likeness (QED) is 0.248. The summed E-state index contributed by atoms with van der Waals surface area (Å²) in [6, 6.07) is 9.79. The summed E-state index contributed by atoms with van der Waals surface area (Å²) >= 11 is 6.73. The average Bonchev–Trinajstić information content (AvgIpc) is 2.96. The van der Waals surface area contributed by atoms with Crippen LogP contribution in [0.3, 0.4) is 0 Å². The number of nitrogens with zero attached hydrogens (tertiary/aromatic N) is 1. The van der Waals surface area contributed by atoms with Gasteiger partial charge in [0.05, 0.1) is 4.91 Å². The molecular formula is C22H27NO3S2. The predicted octanol–water partition coefficient (Wildman–Crippen LogP) is 5.32. The largest absolute Gasteiger partial charge is 0.462 e. The zero-order chi connectivity index (χ0) is 19.8. The maximum atomic E-state index is 12.6. The molecule has 1 aromatic carbocycles. The Bertz CT molecular complexity index is 727. The van der Waals surface area contributed by atoms with E-state index in [0.717, 1.165) is 37.7 Å². The molecule has 2 fully saturated rings. The number of unbranched alkanes of at least 4 members (excludes halogenated alkanes) is 2. The lowest BCUT2D eigenvalue weighted by molar-refractivity contribution is -0.150. The van der Waals surface area contributed by atoms with Crippen LogP contribution in [0.4, 0.5) is 0 Å². The Morgan fingerprint density at radius 1 is 1.14 bits per heavy atom. The lowest BCUT2D eigenvalue weighted by atomic mass is 9.98. The number of hydrogen-bond acceptors (Lipinski definition) is 5. The van der Waals surface area contributed by atoms with Gasteiger partial charge in [0, 0.05) is 13.0 Å². The van der Waals surface area contributed by atoms with Crippen molar-refractivity contribution in [2.75, 3.05) is 6.54 Å². The summed E-state index contributed by atoms with van der Waals surface area (Å²) in [5.74, 6) is -0.0983. The van der Waals surface area contributed by atoms with Crippen LogP contribution in [0.2, 0.25) is 0 Å². The first kappa shape index (κ1) is 21.1. The average molecular weight is 418 g/mol. The van der Waals surface area contributed by atoms with Crippen LogP contribution in [0.1, 0.15) is 63.4 Å². The SMILES string of the molecule is O=C(CCCCCN1C(=O)C(=Cc2ccccc2)SC1=S)OC1CCCCC1. The second-order valence-electron chi connectivity index (χ2n) is 7.30. The first-order valence-electron chi connectivity index (χ1n) is 10.1. The van der Waals surface area contributed by atoms with E-state index in [-0.39, 0.29) is 18.0 Å². The van der Waals surface area contributed by atoms with E-state index in [1.54, 1.807) is 4.90 Å². The summed E-state index contributed by atoms with van der Waals surface area (Å²) in [6.45, 7) is 0.606. The second-order valence-corrected chi connectivity index (χ2v) is 8.98. The van der Waals surface area contributed by atoms with Crippen molar-refractivity contribution in [3.63, 3.8) is 0 Å². The molecule has 2 aliphatic rings. The third-order valence-corrected chi connectivity index (χ3v) is 6.46. The zero-order valence-electron chi connectivity index (χ0n) is 16.1. The highest BCUT2D eigenvalue weighted by molar-refractivity contribution is 8.26. The van der Waals surface area contributed by atoms with Crippen LogP contribution in [0.25, 0.3) is 6.08 Å². The number of carbonyl (C=O) groups is 2. The molecule has 28 heavy (non-hydrogen) atoms. The molecule has 0 N–H and O–H groups in total. The Morgan fingerprint density at radius 2 is 1.89 bits per heavy atom. The van der Waals surface area contributed by atoms with Gasteiger partial charge in [0.1, 0.15) is 10.4 Å². The normalized spacial score (nSPS) is 19.4. The molecule has 1 saturated carbocycles. The van der Waals surface area contributed by atoms with Crippen molar-refractivity contribution in [2.45, 2.75) is 63.9 Å². The number of hydrogen-bond donors (Lipinski definition) is 0. The molecule has 3 rings (SSSR count). The summed E-state index contributed by atoms with van der Waals surface area (Å²) in [6.07, 6.45) is 10.6. The molecule has 1 aromatic rings. The van der Waals surface area contributed by atoms with Crippen molar-refractivity contribution < 1.29 is 14.3 Å². The van der Waals surface area contributed by atoms with E-state index in [2.05, 4.69) is 0 Å². The molecule has 0 spiro atoms. The minimum atomic E-state index is -0.0803. The molecule has 0 bridgehead atoms. The van der Waals surface area contributed by atoms with Gasteiger partial charge in [-0.1, -0.05) is 67.2 Å². The Balaban J connectivity index is 1.36. The topological polar surface area (TPSA) is 46.6 Å². The van der Waals surface area contributed by atoms with Crippen molar-refractivity contribution in [1.82, 2.24) is 4.90 Å². The van der Waals surface area contributed by atoms with E-state index in [1.165, 1.54) is 31.0 Å². The number of amides is 1. The standard InChI is InChI=1S/C22H27NO3S2/c24-20(26-18-12-6-2-7-13-18)14-8-3-9-15-23-21(25)19(28-22(23)27)16-17-10-4-1-5-11-17/h1,4-5,10-11,16,18H,2-3,6-9,12-15H2. The van der Waals surface area contributed by atoms with Gasteiger partial charge in [-0.2, -0.15) is 0 Å². The molecule has 0 unspecified atom stereocenters. The fourth-order valence-electron chi connectivity index (χ4n) is 3.54. The Hall–Kier alpha value is -1.66. The van der Waals surface area contributed by atoms with E-state index in [4.69, 9.17) is 17.0 Å². The van der Waals surface area contributed by atoms with Gasteiger partial charge in [-0.25, -0.2) is 0 Å². The number of rotatable bonds is 8. The summed E-state index contributed by atoms with van der Waals surface area (Å²) in [5, 5.41) is 0. The third-order valence-electron chi connectivity index (χ3n) is 5.08. The lowest BCUT2D eigenvalue weighted by Gasteiger charge is -2.21. The number of carbonyl (C=O) groups excluding carboxylic acids is 2. The van der Waals surface area contributed by atoms with Crippen molar-refractivity contribution in [3.05, 3.63) is 40.8 Å². The summed E-state index contributed by atoms with van der Waals surface area (Å²) in [7, 11) is 0. The van der Waals surface area contributed by atoms with Gasteiger partial charge in [0.25, 0.3) is 5.91 Å². The molecule has 1 aliphatic carbocycles. The van der Waals surface area contributed by atoms with E-state index < -0.39 is 0 Å².